The molecule has 1 unspecified atom stereocenters. The number of rotatable bonds is 7. The van der Waals surface area contributed by atoms with Crippen molar-refractivity contribution in [2.45, 2.75) is 63.3 Å². The second-order valence-electron chi connectivity index (χ2n) is 7.06. The lowest BCUT2D eigenvalue weighted by molar-refractivity contribution is -0.0775. The van der Waals surface area contributed by atoms with Crippen LogP contribution in [0.1, 0.15) is 44.1 Å². The molecule has 5 nitrogen and oxygen atoms in total. The van der Waals surface area contributed by atoms with Crippen molar-refractivity contribution >= 4 is 0 Å². The minimum Gasteiger partial charge on any atom is -0.493 e. The number of aliphatic hydroxyl groups is 1. The van der Waals surface area contributed by atoms with Gasteiger partial charge in [-0.3, -0.25) is 4.90 Å². The molecule has 3 atom stereocenters. The monoisotopic (exact) mass is 349 g/mol. The van der Waals surface area contributed by atoms with E-state index in [1.54, 1.807) is 14.2 Å². The fourth-order valence-electron chi connectivity index (χ4n) is 4.17. The van der Waals surface area contributed by atoms with E-state index in [0.29, 0.717) is 12.6 Å². The van der Waals surface area contributed by atoms with Crippen LogP contribution in [0.25, 0.3) is 0 Å². The molecule has 3 rings (SSSR count). The third kappa shape index (κ3) is 4.46. The summed E-state index contributed by atoms with van der Waals surface area (Å²) in [6, 6.07) is 6.40. The van der Waals surface area contributed by atoms with E-state index in [9.17, 15) is 5.11 Å². The normalized spacial score (nSPS) is 27.4. The summed E-state index contributed by atoms with van der Waals surface area (Å²) in [4.78, 5) is 2.26. The minimum atomic E-state index is -0.278. The Morgan fingerprint density at radius 3 is 2.56 bits per heavy atom. The lowest BCUT2D eigenvalue weighted by Crippen LogP contribution is -2.48. The van der Waals surface area contributed by atoms with Crippen molar-refractivity contribution in [3.63, 3.8) is 0 Å². The quantitative estimate of drug-likeness (QED) is 0.820. The molecule has 0 amide bonds. The lowest BCUT2D eigenvalue weighted by atomic mass is 9.91. The third-order valence-corrected chi connectivity index (χ3v) is 5.53. The molecular formula is C20H31NO4. The van der Waals surface area contributed by atoms with Crippen molar-refractivity contribution in [1.82, 2.24) is 4.90 Å². The van der Waals surface area contributed by atoms with Gasteiger partial charge >= 0.3 is 0 Å². The van der Waals surface area contributed by atoms with Crippen molar-refractivity contribution in [2.24, 2.45) is 0 Å². The van der Waals surface area contributed by atoms with Gasteiger partial charge in [0.1, 0.15) is 6.23 Å². The van der Waals surface area contributed by atoms with Crippen molar-refractivity contribution in [3.8, 4) is 11.5 Å². The maximum absolute atomic E-state index is 10.2. The van der Waals surface area contributed by atoms with Crippen LogP contribution in [0.15, 0.2) is 18.2 Å². The zero-order chi connectivity index (χ0) is 17.6. The molecule has 25 heavy (non-hydrogen) atoms. The molecule has 1 aromatic rings. The molecule has 0 aromatic heterocycles. The Kier molecular flexibility index (Phi) is 6.57. The molecule has 140 valence electrons. The van der Waals surface area contributed by atoms with Crippen molar-refractivity contribution in [3.05, 3.63) is 23.8 Å². The van der Waals surface area contributed by atoms with Gasteiger partial charge in [0.15, 0.2) is 11.5 Å². The number of nitrogens with zero attached hydrogens (tertiary/aromatic N) is 1. The number of hydrogen-bond donors (Lipinski definition) is 1. The number of methoxy groups -OCH3 is 2. The van der Waals surface area contributed by atoms with E-state index in [0.717, 1.165) is 50.1 Å². The van der Waals surface area contributed by atoms with Crippen LogP contribution in [-0.2, 0) is 11.2 Å². The number of aliphatic hydroxyl groups excluding tert-OH is 1. The summed E-state index contributed by atoms with van der Waals surface area (Å²) in [5, 5.41) is 10.2. The zero-order valence-electron chi connectivity index (χ0n) is 15.4. The van der Waals surface area contributed by atoms with E-state index < -0.39 is 0 Å². The Morgan fingerprint density at radius 2 is 1.84 bits per heavy atom. The Labute approximate surface area is 150 Å². The van der Waals surface area contributed by atoms with E-state index in [1.165, 1.54) is 18.4 Å². The van der Waals surface area contributed by atoms with E-state index in [4.69, 9.17) is 14.2 Å². The predicted molar refractivity (Wildman–Crippen MR) is 97.2 cm³/mol. The van der Waals surface area contributed by atoms with Gasteiger partial charge in [0.25, 0.3) is 0 Å². The summed E-state index contributed by atoms with van der Waals surface area (Å²) < 4.78 is 16.9. The van der Waals surface area contributed by atoms with Crippen molar-refractivity contribution in [2.75, 3.05) is 27.4 Å². The van der Waals surface area contributed by atoms with Crippen LogP contribution in [0.4, 0.5) is 0 Å². The summed E-state index contributed by atoms with van der Waals surface area (Å²) in [5.74, 6) is 1.51. The Hall–Kier alpha value is -1.30. The molecule has 1 aliphatic carbocycles. The number of hydrogen-bond acceptors (Lipinski definition) is 5. The molecule has 1 aromatic carbocycles. The van der Waals surface area contributed by atoms with Crippen LogP contribution in [0, 0.1) is 0 Å². The van der Waals surface area contributed by atoms with Crippen LogP contribution in [-0.4, -0.2) is 55.8 Å². The average molecular weight is 349 g/mol. The second kappa shape index (κ2) is 8.88. The van der Waals surface area contributed by atoms with Gasteiger partial charge in [-0.1, -0.05) is 18.9 Å². The first kappa shape index (κ1) is 18.5. The van der Waals surface area contributed by atoms with Crippen molar-refractivity contribution in [1.29, 1.82) is 0 Å². The van der Waals surface area contributed by atoms with E-state index in [1.807, 2.05) is 12.1 Å². The maximum atomic E-state index is 10.2. The molecule has 2 aliphatic rings. The van der Waals surface area contributed by atoms with Gasteiger partial charge in [-0.25, -0.2) is 0 Å². The molecule has 1 N–H and O–H groups in total. The lowest BCUT2D eigenvalue weighted by Gasteiger charge is -2.39. The first-order valence-corrected chi connectivity index (χ1v) is 9.49. The van der Waals surface area contributed by atoms with Crippen LogP contribution < -0.4 is 9.47 Å². The summed E-state index contributed by atoms with van der Waals surface area (Å²) in [7, 11) is 3.31. The van der Waals surface area contributed by atoms with E-state index in [-0.39, 0.29) is 12.3 Å². The molecule has 1 heterocycles. The van der Waals surface area contributed by atoms with Crippen LogP contribution >= 0.6 is 0 Å². The molecule has 1 saturated carbocycles. The summed E-state index contributed by atoms with van der Waals surface area (Å²) >= 11 is 0. The summed E-state index contributed by atoms with van der Waals surface area (Å²) in [6.07, 6.45) is 7.50. The highest BCUT2D eigenvalue weighted by molar-refractivity contribution is 5.42. The Balaban J connectivity index is 1.55. The van der Waals surface area contributed by atoms with Crippen LogP contribution in [0.3, 0.4) is 0 Å². The first-order chi connectivity index (χ1) is 12.2. The van der Waals surface area contributed by atoms with Gasteiger partial charge in [-0.05, 0) is 49.8 Å². The van der Waals surface area contributed by atoms with Gasteiger partial charge in [-0.15, -0.1) is 0 Å². The van der Waals surface area contributed by atoms with Gasteiger partial charge in [0.2, 0.25) is 0 Å². The van der Waals surface area contributed by atoms with Gasteiger partial charge in [0, 0.05) is 12.6 Å². The molecular weight excluding hydrogens is 318 g/mol. The van der Waals surface area contributed by atoms with Gasteiger partial charge in [-0.2, -0.15) is 0 Å². The fraction of sp³-hybridized carbons (Fsp3) is 0.700. The molecule has 2 fully saturated rings. The van der Waals surface area contributed by atoms with Crippen LogP contribution in [0.5, 0.6) is 11.5 Å². The van der Waals surface area contributed by atoms with E-state index in [2.05, 4.69) is 11.0 Å². The second-order valence-corrected chi connectivity index (χ2v) is 7.06. The standard InChI is InChI=1S/C20H31NO4/c1-23-18-10-9-15(14-19(18)24-2)11-13-25-17-7-4-3-6-16(17)21-12-5-8-20(21)22/h9-10,14,16-17,20,22H,3-8,11-13H2,1-2H3/t16-,17+,20?/m1/s1. The van der Waals surface area contributed by atoms with E-state index >= 15 is 0 Å². The molecule has 0 radical (unpaired) electrons. The molecule has 0 bridgehead atoms. The predicted octanol–water partition coefficient (Wildman–Crippen LogP) is 2.99. The topological polar surface area (TPSA) is 51.2 Å². The number of likely N-dealkylation sites (tertiary alicyclic amines) is 1. The molecule has 5 heteroatoms. The fourth-order valence-corrected chi connectivity index (χ4v) is 4.17. The smallest absolute Gasteiger partial charge is 0.160 e. The minimum absolute atomic E-state index is 0.238. The third-order valence-electron chi connectivity index (χ3n) is 5.53. The summed E-state index contributed by atoms with van der Waals surface area (Å²) in [5.41, 5.74) is 1.19. The summed E-state index contributed by atoms with van der Waals surface area (Å²) in [6.45, 7) is 1.70. The first-order valence-electron chi connectivity index (χ1n) is 9.49. The van der Waals surface area contributed by atoms with Crippen molar-refractivity contribution < 1.29 is 19.3 Å². The highest BCUT2D eigenvalue weighted by Gasteiger charge is 2.36. The highest BCUT2D eigenvalue weighted by Crippen LogP contribution is 2.31. The number of benzene rings is 1. The average Bonchev–Trinajstić information content (AvgIpc) is 3.07. The molecule has 1 aliphatic heterocycles. The van der Waals surface area contributed by atoms with Gasteiger partial charge < -0.3 is 19.3 Å². The Morgan fingerprint density at radius 1 is 1.04 bits per heavy atom. The highest BCUT2D eigenvalue weighted by atomic mass is 16.5. The molecule has 1 saturated heterocycles. The number of ether oxygens (including phenoxy) is 3. The largest absolute Gasteiger partial charge is 0.493 e. The Bertz CT molecular complexity index is 550. The maximum Gasteiger partial charge on any atom is 0.160 e. The van der Waals surface area contributed by atoms with Gasteiger partial charge in [0.05, 0.1) is 26.9 Å². The molecule has 0 spiro atoms. The zero-order valence-corrected chi connectivity index (χ0v) is 15.4. The van der Waals surface area contributed by atoms with Crippen LogP contribution in [0.2, 0.25) is 0 Å². The SMILES string of the molecule is COc1ccc(CCO[C@H]2CCCC[C@H]2N2CCCC2O)cc1OC.